The van der Waals surface area contributed by atoms with Crippen molar-refractivity contribution < 1.29 is 0 Å². The molecule has 110 valence electrons. The van der Waals surface area contributed by atoms with E-state index in [1.54, 1.807) is 0 Å². The second kappa shape index (κ2) is 6.41. The van der Waals surface area contributed by atoms with Gasteiger partial charge in [0.05, 0.1) is 6.04 Å². The number of aryl methyl sites for hydroxylation is 1. The van der Waals surface area contributed by atoms with Crippen molar-refractivity contribution in [2.45, 2.75) is 13.0 Å². The Labute approximate surface area is 130 Å². The number of aromatic nitrogens is 1. The van der Waals surface area contributed by atoms with Crippen LogP contribution in [0.1, 0.15) is 22.7 Å². The zero-order valence-electron chi connectivity index (χ0n) is 12.5. The molecule has 0 saturated heterocycles. The average molecular weight is 289 g/mol. The molecule has 1 heterocycles. The van der Waals surface area contributed by atoms with Gasteiger partial charge in [0.15, 0.2) is 0 Å². The third-order valence-electron chi connectivity index (χ3n) is 3.65. The number of nitrogens with one attached hydrogen (secondary N) is 1. The maximum Gasteiger partial charge on any atom is 0.133 e. The van der Waals surface area contributed by atoms with E-state index >= 15 is 0 Å². The largest absolute Gasteiger partial charge is 0.340 e. The first-order valence-corrected chi connectivity index (χ1v) is 7.33. The van der Waals surface area contributed by atoms with Gasteiger partial charge in [-0.25, -0.2) is 4.98 Å². The van der Waals surface area contributed by atoms with Crippen LogP contribution in [0.5, 0.6) is 0 Å². The van der Waals surface area contributed by atoms with E-state index in [2.05, 4.69) is 16.4 Å². The Kier molecular flexibility index (Phi) is 4.17. The Bertz CT molecular complexity index is 739. The third kappa shape index (κ3) is 3.15. The van der Waals surface area contributed by atoms with Crippen molar-refractivity contribution >= 4 is 11.5 Å². The number of anilines is 2. The summed E-state index contributed by atoms with van der Waals surface area (Å²) in [6, 6.07) is 22.0. The van der Waals surface area contributed by atoms with E-state index in [1.807, 2.05) is 73.8 Å². The molecule has 3 N–H and O–H groups in total. The highest BCUT2D eigenvalue weighted by Gasteiger charge is 2.11. The van der Waals surface area contributed by atoms with Crippen LogP contribution in [0, 0.1) is 6.92 Å². The molecule has 3 rings (SSSR count). The van der Waals surface area contributed by atoms with Gasteiger partial charge in [0.2, 0.25) is 0 Å². The molecule has 1 unspecified atom stereocenters. The normalized spacial score (nSPS) is 11.9. The minimum Gasteiger partial charge on any atom is -0.340 e. The average Bonchev–Trinajstić information content (AvgIpc) is 2.58. The lowest BCUT2D eigenvalue weighted by atomic mass is 10.00. The summed E-state index contributed by atoms with van der Waals surface area (Å²) in [7, 11) is 0. The molecule has 3 nitrogen and oxygen atoms in total. The zero-order valence-corrected chi connectivity index (χ0v) is 12.5. The predicted molar refractivity (Wildman–Crippen MR) is 91.2 cm³/mol. The standard InChI is InChI=1S/C19H19N3/c1-14-12-16(18(20)15-8-4-2-5-9-15)13-21-19(14)22-17-10-6-3-7-11-17/h2-13,18H,20H2,1H3,(H,21,22). The van der Waals surface area contributed by atoms with E-state index in [1.165, 1.54) is 0 Å². The third-order valence-corrected chi connectivity index (χ3v) is 3.65. The lowest BCUT2D eigenvalue weighted by molar-refractivity contribution is 0.861. The summed E-state index contributed by atoms with van der Waals surface area (Å²) in [5.41, 5.74) is 10.5. The molecule has 3 aromatic rings. The van der Waals surface area contributed by atoms with E-state index in [9.17, 15) is 0 Å². The first-order valence-electron chi connectivity index (χ1n) is 7.33. The van der Waals surface area contributed by atoms with Crippen molar-refractivity contribution in [3.05, 3.63) is 89.6 Å². The first kappa shape index (κ1) is 14.3. The summed E-state index contributed by atoms with van der Waals surface area (Å²) in [4.78, 5) is 4.53. The van der Waals surface area contributed by atoms with Gasteiger partial charge in [-0.2, -0.15) is 0 Å². The van der Waals surface area contributed by atoms with E-state index in [0.29, 0.717) is 0 Å². The number of benzene rings is 2. The van der Waals surface area contributed by atoms with E-state index in [0.717, 1.165) is 28.2 Å². The minimum atomic E-state index is -0.154. The molecule has 0 aliphatic carbocycles. The number of pyridine rings is 1. The number of hydrogen-bond donors (Lipinski definition) is 2. The van der Waals surface area contributed by atoms with Gasteiger partial charge in [0, 0.05) is 11.9 Å². The monoisotopic (exact) mass is 289 g/mol. The highest BCUT2D eigenvalue weighted by Crippen LogP contribution is 2.24. The Morgan fingerprint density at radius 2 is 1.55 bits per heavy atom. The number of rotatable bonds is 4. The fraction of sp³-hybridized carbons (Fsp3) is 0.105. The smallest absolute Gasteiger partial charge is 0.133 e. The van der Waals surface area contributed by atoms with Crippen LogP contribution in [0.2, 0.25) is 0 Å². The number of nitrogens with two attached hydrogens (primary N) is 1. The molecule has 3 heteroatoms. The van der Waals surface area contributed by atoms with Gasteiger partial charge in [-0.05, 0) is 41.8 Å². The number of hydrogen-bond acceptors (Lipinski definition) is 3. The predicted octanol–water partition coefficient (Wildman–Crippen LogP) is 4.18. The summed E-state index contributed by atoms with van der Waals surface area (Å²) in [6.07, 6.45) is 1.84. The Morgan fingerprint density at radius 1 is 0.909 bits per heavy atom. The summed E-state index contributed by atoms with van der Waals surface area (Å²) in [6.45, 7) is 2.04. The fourth-order valence-corrected chi connectivity index (χ4v) is 2.41. The Morgan fingerprint density at radius 3 is 2.18 bits per heavy atom. The topological polar surface area (TPSA) is 50.9 Å². The van der Waals surface area contributed by atoms with Gasteiger partial charge in [-0.3, -0.25) is 0 Å². The molecule has 0 aliphatic heterocycles. The van der Waals surface area contributed by atoms with Crippen molar-refractivity contribution in [3.63, 3.8) is 0 Å². The summed E-state index contributed by atoms with van der Waals surface area (Å²) in [5, 5.41) is 3.33. The second-order valence-corrected chi connectivity index (χ2v) is 5.31. The van der Waals surface area contributed by atoms with Gasteiger partial charge < -0.3 is 11.1 Å². The van der Waals surface area contributed by atoms with Crippen molar-refractivity contribution in [2.24, 2.45) is 5.73 Å². The molecule has 1 aromatic heterocycles. The van der Waals surface area contributed by atoms with Crippen LogP contribution in [-0.2, 0) is 0 Å². The molecule has 0 bridgehead atoms. The van der Waals surface area contributed by atoms with E-state index in [4.69, 9.17) is 5.73 Å². The SMILES string of the molecule is Cc1cc(C(N)c2ccccc2)cnc1Nc1ccccc1. The summed E-state index contributed by atoms with van der Waals surface area (Å²) in [5.74, 6) is 0.857. The molecule has 0 spiro atoms. The quantitative estimate of drug-likeness (QED) is 0.757. The molecule has 0 fully saturated rings. The lowest BCUT2D eigenvalue weighted by Crippen LogP contribution is -2.12. The molecule has 0 radical (unpaired) electrons. The second-order valence-electron chi connectivity index (χ2n) is 5.31. The number of nitrogens with zero attached hydrogens (tertiary/aromatic N) is 1. The van der Waals surface area contributed by atoms with Crippen molar-refractivity contribution in [3.8, 4) is 0 Å². The van der Waals surface area contributed by atoms with Gasteiger partial charge in [0.25, 0.3) is 0 Å². The van der Waals surface area contributed by atoms with Crippen LogP contribution in [0.25, 0.3) is 0 Å². The van der Waals surface area contributed by atoms with Gasteiger partial charge in [-0.1, -0.05) is 48.5 Å². The van der Waals surface area contributed by atoms with Crippen LogP contribution in [0.4, 0.5) is 11.5 Å². The Balaban J connectivity index is 1.83. The van der Waals surface area contributed by atoms with E-state index in [-0.39, 0.29) is 6.04 Å². The molecule has 0 amide bonds. The van der Waals surface area contributed by atoms with Crippen LogP contribution >= 0.6 is 0 Å². The van der Waals surface area contributed by atoms with Gasteiger partial charge in [0.1, 0.15) is 5.82 Å². The minimum absolute atomic E-state index is 0.154. The van der Waals surface area contributed by atoms with Crippen molar-refractivity contribution in [1.29, 1.82) is 0 Å². The molecule has 0 saturated carbocycles. The first-order chi connectivity index (χ1) is 10.7. The molecule has 22 heavy (non-hydrogen) atoms. The van der Waals surface area contributed by atoms with E-state index < -0.39 is 0 Å². The van der Waals surface area contributed by atoms with Crippen LogP contribution in [0.3, 0.4) is 0 Å². The van der Waals surface area contributed by atoms with Gasteiger partial charge >= 0.3 is 0 Å². The highest BCUT2D eigenvalue weighted by atomic mass is 15.0. The van der Waals surface area contributed by atoms with Crippen molar-refractivity contribution in [2.75, 3.05) is 5.32 Å². The molecule has 2 aromatic carbocycles. The van der Waals surface area contributed by atoms with Crippen LogP contribution in [0.15, 0.2) is 72.9 Å². The molecular formula is C19H19N3. The maximum absolute atomic E-state index is 6.33. The molecule has 0 aliphatic rings. The summed E-state index contributed by atoms with van der Waals surface area (Å²) < 4.78 is 0. The van der Waals surface area contributed by atoms with Gasteiger partial charge in [-0.15, -0.1) is 0 Å². The fourth-order valence-electron chi connectivity index (χ4n) is 2.41. The van der Waals surface area contributed by atoms with Crippen molar-refractivity contribution in [1.82, 2.24) is 4.98 Å². The molecular weight excluding hydrogens is 270 g/mol. The van der Waals surface area contributed by atoms with Crippen LogP contribution < -0.4 is 11.1 Å². The highest BCUT2D eigenvalue weighted by molar-refractivity contribution is 5.59. The number of para-hydroxylation sites is 1. The lowest BCUT2D eigenvalue weighted by Gasteiger charge is -2.15. The Hall–Kier alpha value is -2.65. The molecule has 1 atom stereocenters. The maximum atomic E-state index is 6.33. The summed E-state index contributed by atoms with van der Waals surface area (Å²) >= 11 is 0. The van der Waals surface area contributed by atoms with Crippen LogP contribution in [-0.4, -0.2) is 4.98 Å². The zero-order chi connectivity index (χ0) is 15.4.